The maximum Gasteiger partial charge on any atom is 0.154 e. The summed E-state index contributed by atoms with van der Waals surface area (Å²) in [6.45, 7) is 4.75. The Bertz CT molecular complexity index is 1080. The first-order chi connectivity index (χ1) is 13.3. The third-order valence-corrected chi connectivity index (χ3v) is 5.35. The van der Waals surface area contributed by atoms with E-state index in [0.717, 1.165) is 66.2 Å². The zero-order valence-corrected chi connectivity index (χ0v) is 15.3. The molecule has 0 radical (unpaired) electrons. The molecule has 5 rings (SSSR count). The summed E-state index contributed by atoms with van der Waals surface area (Å²) in [4.78, 5) is 6.92. The third-order valence-electron chi connectivity index (χ3n) is 5.35. The Kier molecular flexibility index (Phi) is 4.01. The van der Waals surface area contributed by atoms with E-state index in [1.807, 2.05) is 23.0 Å². The maximum absolute atomic E-state index is 5.52. The first kappa shape index (κ1) is 16.3. The number of fused-ring (bicyclic) bond motifs is 2. The van der Waals surface area contributed by atoms with Crippen LogP contribution in [-0.4, -0.2) is 50.6 Å². The van der Waals surface area contributed by atoms with Gasteiger partial charge in [0.2, 0.25) is 0 Å². The highest BCUT2D eigenvalue weighted by Gasteiger charge is 2.22. The molecule has 1 saturated heterocycles. The van der Waals surface area contributed by atoms with Crippen LogP contribution >= 0.6 is 0 Å². The van der Waals surface area contributed by atoms with Gasteiger partial charge in [-0.1, -0.05) is 12.1 Å². The van der Waals surface area contributed by atoms with Gasteiger partial charge in [0.15, 0.2) is 5.65 Å². The highest BCUT2D eigenvalue weighted by atomic mass is 16.5. The average molecular weight is 362 g/mol. The molecule has 1 fully saturated rings. The molecule has 0 spiro atoms. The first-order valence-electron chi connectivity index (χ1n) is 9.46. The number of hydrogen-bond acceptors (Lipinski definition) is 5. The second-order valence-corrected chi connectivity index (χ2v) is 6.91. The van der Waals surface area contributed by atoms with Gasteiger partial charge in [0.1, 0.15) is 5.82 Å². The summed E-state index contributed by atoms with van der Waals surface area (Å²) in [5, 5.41) is 13.2. The van der Waals surface area contributed by atoms with Crippen LogP contribution in [0.3, 0.4) is 0 Å². The molecule has 27 heavy (non-hydrogen) atoms. The molecular formula is C20H22N6O. The molecule has 0 saturated carbocycles. The zero-order chi connectivity index (χ0) is 18.2. The molecule has 4 heterocycles. The molecule has 1 N–H and O–H groups in total. The Morgan fingerprint density at radius 2 is 2.07 bits per heavy atom. The highest BCUT2D eigenvalue weighted by Crippen LogP contribution is 2.26. The van der Waals surface area contributed by atoms with Crippen LogP contribution in [0.25, 0.3) is 27.8 Å². The van der Waals surface area contributed by atoms with Crippen LogP contribution in [0.5, 0.6) is 0 Å². The van der Waals surface area contributed by atoms with Crippen LogP contribution < -0.4 is 4.90 Å². The standard InChI is InChI=1S/C20H22N6O/c1-2-25(16-7-9-27-10-8-16)20-6-5-19-21-13-18(26(19)24-20)14-3-4-15-12-22-23-17(15)11-14/h3-6,11-13,16H,2,7-10H2,1H3,(H,22,23). The summed E-state index contributed by atoms with van der Waals surface area (Å²) in [7, 11) is 0. The van der Waals surface area contributed by atoms with Crippen LogP contribution in [0.4, 0.5) is 5.82 Å². The third kappa shape index (κ3) is 2.84. The van der Waals surface area contributed by atoms with E-state index in [9.17, 15) is 0 Å². The van der Waals surface area contributed by atoms with Crippen molar-refractivity contribution in [3.63, 3.8) is 0 Å². The molecule has 1 aliphatic rings. The largest absolute Gasteiger partial charge is 0.381 e. The fraction of sp³-hybridized carbons (Fsp3) is 0.350. The monoisotopic (exact) mass is 362 g/mol. The van der Waals surface area contributed by atoms with Gasteiger partial charge in [-0.05, 0) is 38.0 Å². The van der Waals surface area contributed by atoms with Gasteiger partial charge in [0.05, 0.1) is 23.6 Å². The highest BCUT2D eigenvalue weighted by molar-refractivity contribution is 5.83. The van der Waals surface area contributed by atoms with Crippen molar-refractivity contribution in [2.45, 2.75) is 25.8 Å². The Morgan fingerprint density at radius 1 is 1.19 bits per heavy atom. The van der Waals surface area contributed by atoms with Crippen molar-refractivity contribution < 1.29 is 4.74 Å². The fourth-order valence-corrected chi connectivity index (χ4v) is 3.91. The normalized spacial score (nSPS) is 15.6. The molecule has 0 amide bonds. The minimum absolute atomic E-state index is 0.474. The van der Waals surface area contributed by atoms with Crippen LogP contribution in [0, 0.1) is 0 Å². The summed E-state index contributed by atoms with van der Waals surface area (Å²) >= 11 is 0. The van der Waals surface area contributed by atoms with Gasteiger partial charge in [0, 0.05) is 36.8 Å². The second kappa shape index (κ2) is 6.66. The van der Waals surface area contributed by atoms with Crippen LogP contribution in [0.1, 0.15) is 19.8 Å². The summed E-state index contributed by atoms with van der Waals surface area (Å²) < 4.78 is 7.46. The number of ether oxygens (including phenoxy) is 1. The van der Waals surface area contributed by atoms with Crippen molar-refractivity contribution in [2.75, 3.05) is 24.7 Å². The maximum atomic E-state index is 5.52. The smallest absolute Gasteiger partial charge is 0.154 e. The molecule has 1 aliphatic heterocycles. The molecule has 0 atom stereocenters. The van der Waals surface area contributed by atoms with Crippen molar-refractivity contribution in [3.8, 4) is 11.3 Å². The lowest BCUT2D eigenvalue weighted by molar-refractivity contribution is 0.0844. The van der Waals surface area contributed by atoms with E-state index in [-0.39, 0.29) is 0 Å². The summed E-state index contributed by atoms with van der Waals surface area (Å²) in [5.74, 6) is 0.985. The molecule has 3 aromatic heterocycles. The van der Waals surface area contributed by atoms with Crippen molar-refractivity contribution in [1.29, 1.82) is 0 Å². The fourth-order valence-electron chi connectivity index (χ4n) is 3.91. The van der Waals surface area contributed by atoms with Crippen LogP contribution in [0.15, 0.2) is 42.7 Å². The predicted octanol–water partition coefficient (Wildman–Crippen LogP) is 3.28. The molecular weight excluding hydrogens is 340 g/mol. The van der Waals surface area contributed by atoms with Gasteiger partial charge < -0.3 is 9.64 Å². The zero-order valence-electron chi connectivity index (χ0n) is 15.3. The molecule has 0 bridgehead atoms. The van der Waals surface area contributed by atoms with E-state index in [1.54, 1.807) is 0 Å². The number of benzene rings is 1. The van der Waals surface area contributed by atoms with Gasteiger partial charge in [-0.2, -0.15) is 5.10 Å². The van der Waals surface area contributed by atoms with Gasteiger partial charge in [-0.15, -0.1) is 5.10 Å². The molecule has 1 aromatic carbocycles. The van der Waals surface area contributed by atoms with Gasteiger partial charge in [-0.3, -0.25) is 5.10 Å². The van der Waals surface area contributed by atoms with E-state index < -0.39 is 0 Å². The lowest BCUT2D eigenvalue weighted by Gasteiger charge is -2.34. The lowest BCUT2D eigenvalue weighted by Crippen LogP contribution is -2.40. The number of aromatic amines is 1. The predicted molar refractivity (Wildman–Crippen MR) is 105 cm³/mol. The number of anilines is 1. The minimum Gasteiger partial charge on any atom is -0.381 e. The molecule has 7 heteroatoms. The molecule has 0 aliphatic carbocycles. The summed E-state index contributed by atoms with van der Waals surface area (Å²) in [6, 6.07) is 10.8. The molecule has 138 valence electrons. The van der Waals surface area contributed by atoms with Crippen molar-refractivity contribution in [2.24, 2.45) is 0 Å². The SMILES string of the molecule is CCN(c1ccc2ncc(-c3ccc4cn[nH]c4c3)n2n1)C1CCOCC1. The topological polar surface area (TPSA) is 71.3 Å². The Morgan fingerprint density at radius 3 is 2.93 bits per heavy atom. The van der Waals surface area contributed by atoms with E-state index >= 15 is 0 Å². The Labute approximate surface area is 157 Å². The van der Waals surface area contributed by atoms with E-state index in [0.29, 0.717) is 6.04 Å². The summed E-state index contributed by atoms with van der Waals surface area (Å²) in [6.07, 6.45) is 5.80. The Balaban J connectivity index is 1.57. The molecule has 7 nitrogen and oxygen atoms in total. The van der Waals surface area contributed by atoms with Gasteiger partial charge in [0.25, 0.3) is 0 Å². The number of hydrogen-bond donors (Lipinski definition) is 1. The van der Waals surface area contributed by atoms with Gasteiger partial charge >= 0.3 is 0 Å². The van der Waals surface area contributed by atoms with Crippen LogP contribution in [0.2, 0.25) is 0 Å². The number of nitrogens with zero attached hydrogens (tertiary/aromatic N) is 5. The molecule has 0 unspecified atom stereocenters. The number of H-pyrrole nitrogens is 1. The van der Waals surface area contributed by atoms with Crippen LogP contribution in [-0.2, 0) is 4.74 Å². The number of aromatic nitrogens is 5. The first-order valence-corrected chi connectivity index (χ1v) is 9.46. The minimum atomic E-state index is 0.474. The quantitative estimate of drug-likeness (QED) is 0.603. The van der Waals surface area contributed by atoms with Gasteiger partial charge in [-0.25, -0.2) is 9.50 Å². The van der Waals surface area contributed by atoms with E-state index in [4.69, 9.17) is 9.84 Å². The van der Waals surface area contributed by atoms with Crippen molar-refractivity contribution in [3.05, 3.63) is 42.7 Å². The van der Waals surface area contributed by atoms with Crippen molar-refractivity contribution in [1.82, 2.24) is 24.8 Å². The average Bonchev–Trinajstić information content (AvgIpc) is 3.35. The van der Waals surface area contributed by atoms with E-state index in [2.05, 4.69) is 51.3 Å². The summed E-state index contributed by atoms with van der Waals surface area (Å²) in [5.41, 5.74) is 3.90. The lowest BCUT2D eigenvalue weighted by atomic mass is 10.1. The van der Waals surface area contributed by atoms with Crippen molar-refractivity contribution >= 4 is 22.4 Å². The number of rotatable bonds is 4. The second-order valence-electron chi connectivity index (χ2n) is 6.91. The molecule has 4 aromatic rings. The Hall–Kier alpha value is -2.93. The number of imidazole rings is 1. The van der Waals surface area contributed by atoms with E-state index in [1.165, 1.54) is 0 Å². The number of nitrogens with one attached hydrogen (secondary N) is 1.